The van der Waals surface area contributed by atoms with Crippen LogP contribution >= 0.6 is 0 Å². The third kappa shape index (κ3) is 2.99. The van der Waals surface area contributed by atoms with Crippen LogP contribution in [0.1, 0.15) is 36.2 Å². The first-order valence-electron chi connectivity index (χ1n) is 7.06. The Morgan fingerprint density at radius 2 is 2.25 bits per heavy atom. The number of hydrogen-bond donors (Lipinski definition) is 1. The second-order valence-corrected chi connectivity index (χ2v) is 5.04. The molecule has 3 rings (SSSR count). The molecule has 0 amide bonds. The predicted octanol–water partition coefficient (Wildman–Crippen LogP) is 2.88. The van der Waals surface area contributed by atoms with Crippen molar-refractivity contribution < 1.29 is 9.26 Å². The quantitative estimate of drug-likeness (QED) is 0.907. The monoisotopic (exact) mass is 273 g/mol. The summed E-state index contributed by atoms with van der Waals surface area (Å²) in [5.74, 6) is 1.35. The molecule has 20 heavy (non-hydrogen) atoms. The topological polar surface area (TPSA) is 60.2 Å². The van der Waals surface area contributed by atoms with Crippen molar-refractivity contribution in [2.24, 2.45) is 0 Å². The van der Waals surface area contributed by atoms with Gasteiger partial charge in [0.2, 0.25) is 11.7 Å². The summed E-state index contributed by atoms with van der Waals surface area (Å²) >= 11 is 0. The van der Waals surface area contributed by atoms with Gasteiger partial charge in [0.1, 0.15) is 6.10 Å². The van der Waals surface area contributed by atoms with Crippen LogP contribution in [0.25, 0.3) is 0 Å². The molecule has 1 N–H and O–H groups in total. The molecule has 106 valence electrons. The van der Waals surface area contributed by atoms with Crippen LogP contribution in [-0.2, 0) is 11.2 Å². The normalized spacial score (nSPS) is 18.4. The van der Waals surface area contributed by atoms with Crippen LogP contribution in [0.15, 0.2) is 28.8 Å². The van der Waals surface area contributed by atoms with Gasteiger partial charge in [-0.05, 0) is 31.4 Å². The number of ether oxygens (including phenoxy) is 1. The zero-order valence-electron chi connectivity index (χ0n) is 11.6. The Labute approximate surface area is 118 Å². The largest absolute Gasteiger partial charge is 0.384 e. The average molecular weight is 273 g/mol. The Morgan fingerprint density at radius 3 is 3.05 bits per heavy atom. The molecule has 1 aliphatic rings. The number of hydrogen-bond acceptors (Lipinski definition) is 5. The summed E-state index contributed by atoms with van der Waals surface area (Å²) < 4.78 is 10.8. The first-order valence-corrected chi connectivity index (χ1v) is 7.06. The fourth-order valence-corrected chi connectivity index (χ4v) is 2.36. The highest BCUT2D eigenvalue weighted by Gasteiger charge is 2.22. The number of aromatic nitrogens is 2. The molecule has 2 heterocycles. The minimum absolute atomic E-state index is 0.0248. The van der Waals surface area contributed by atoms with E-state index in [0.717, 1.165) is 31.7 Å². The van der Waals surface area contributed by atoms with E-state index < -0.39 is 0 Å². The Morgan fingerprint density at radius 1 is 1.35 bits per heavy atom. The standard InChI is InChI=1S/C15H19N3O2/c1-11-5-2-3-6-12(11)16-9-8-14-17-15(18-20-14)13-7-4-10-19-13/h2-3,5-6,13,16H,4,7-10H2,1H3. The molecule has 1 unspecified atom stereocenters. The molecule has 0 bridgehead atoms. The molecule has 0 saturated carbocycles. The van der Waals surface area contributed by atoms with Gasteiger partial charge in [-0.25, -0.2) is 0 Å². The van der Waals surface area contributed by atoms with Gasteiger partial charge in [0.05, 0.1) is 0 Å². The summed E-state index contributed by atoms with van der Waals surface area (Å²) in [5.41, 5.74) is 2.38. The first-order chi connectivity index (χ1) is 9.83. The van der Waals surface area contributed by atoms with Gasteiger partial charge < -0.3 is 14.6 Å². The van der Waals surface area contributed by atoms with E-state index >= 15 is 0 Å². The number of anilines is 1. The van der Waals surface area contributed by atoms with Crippen LogP contribution in [0.2, 0.25) is 0 Å². The van der Waals surface area contributed by atoms with E-state index in [1.807, 2.05) is 12.1 Å². The fraction of sp³-hybridized carbons (Fsp3) is 0.467. The maximum Gasteiger partial charge on any atom is 0.228 e. The van der Waals surface area contributed by atoms with Gasteiger partial charge in [0, 0.05) is 25.3 Å². The summed E-state index contributed by atoms with van der Waals surface area (Å²) in [4.78, 5) is 4.40. The molecular weight excluding hydrogens is 254 g/mol. The fourth-order valence-electron chi connectivity index (χ4n) is 2.36. The Balaban J connectivity index is 1.52. The van der Waals surface area contributed by atoms with Gasteiger partial charge in [-0.3, -0.25) is 0 Å². The lowest BCUT2D eigenvalue weighted by molar-refractivity contribution is 0.103. The molecule has 1 fully saturated rings. The highest BCUT2D eigenvalue weighted by Crippen LogP contribution is 2.26. The second kappa shape index (κ2) is 6.05. The van der Waals surface area contributed by atoms with Crippen LogP contribution < -0.4 is 5.32 Å². The molecule has 1 saturated heterocycles. The van der Waals surface area contributed by atoms with Gasteiger partial charge in [-0.2, -0.15) is 4.98 Å². The van der Waals surface area contributed by atoms with Crippen molar-refractivity contribution in [1.82, 2.24) is 10.1 Å². The third-order valence-electron chi connectivity index (χ3n) is 3.50. The lowest BCUT2D eigenvalue weighted by Crippen LogP contribution is -2.06. The molecule has 1 atom stereocenters. The van der Waals surface area contributed by atoms with E-state index in [2.05, 4.69) is 34.5 Å². The van der Waals surface area contributed by atoms with E-state index in [1.54, 1.807) is 0 Å². The van der Waals surface area contributed by atoms with Crippen molar-refractivity contribution in [2.75, 3.05) is 18.5 Å². The molecule has 2 aromatic rings. The van der Waals surface area contributed by atoms with Crippen LogP contribution in [0, 0.1) is 6.92 Å². The maximum absolute atomic E-state index is 5.54. The van der Waals surface area contributed by atoms with Crippen molar-refractivity contribution in [2.45, 2.75) is 32.3 Å². The molecule has 0 spiro atoms. The van der Waals surface area contributed by atoms with Crippen molar-refractivity contribution in [3.63, 3.8) is 0 Å². The zero-order chi connectivity index (χ0) is 13.8. The molecule has 1 aromatic heterocycles. The van der Waals surface area contributed by atoms with Crippen LogP contribution in [0.5, 0.6) is 0 Å². The summed E-state index contributed by atoms with van der Waals surface area (Å²) in [5, 5.41) is 7.38. The summed E-state index contributed by atoms with van der Waals surface area (Å²) in [6, 6.07) is 8.22. The minimum Gasteiger partial charge on any atom is -0.384 e. The van der Waals surface area contributed by atoms with Gasteiger partial charge in [-0.1, -0.05) is 23.4 Å². The molecule has 0 aliphatic carbocycles. The lowest BCUT2D eigenvalue weighted by Gasteiger charge is -2.07. The van der Waals surface area contributed by atoms with Crippen LogP contribution in [0.3, 0.4) is 0 Å². The van der Waals surface area contributed by atoms with Crippen molar-refractivity contribution >= 4 is 5.69 Å². The zero-order valence-corrected chi connectivity index (χ0v) is 11.6. The van der Waals surface area contributed by atoms with E-state index in [9.17, 15) is 0 Å². The molecule has 0 radical (unpaired) electrons. The van der Waals surface area contributed by atoms with Gasteiger partial charge in [0.15, 0.2) is 0 Å². The Bertz CT molecular complexity index is 562. The Kier molecular flexibility index (Phi) is 3.97. The van der Waals surface area contributed by atoms with Crippen molar-refractivity contribution in [1.29, 1.82) is 0 Å². The van der Waals surface area contributed by atoms with E-state index in [4.69, 9.17) is 9.26 Å². The minimum atomic E-state index is 0.0248. The molecule has 1 aromatic carbocycles. The second-order valence-electron chi connectivity index (χ2n) is 5.04. The van der Waals surface area contributed by atoms with Crippen LogP contribution in [-0.4, -0.2) is 23.3 Å². The predicted molar refractivity (Wildman–Crippen MR) is 75.6 cm³/mol. The molecule has 5 nitrogen and oxygen atoms in total. The number of benzene rings is 1. The smallest absolute Gasteiger partial charge is 0.228 e. The average Bonchev–Trinajstić information content (AvgIpc) is 3.11. The summed E-state index contributed by atoms with van der Waals surface area (Å²) in [6.07, 6.45) is 2.80. The molecule has 5 heteroatoms. The highest BCUT2D eigenvalue weighted by atomic mass is 16.5. The Hall–Kier alpha value is -1.88. The number of rotatable bonds is 5. The van der Waals surface area contributed by atoms with Gasteiger partial charge in [-0.15, -0.1) is 0 Å². The molecular formula is C15H19N3O2. The van der Waals surface area contributed by atoms with Gasteiger partial charge >= 0.3 is 0 Å². The van der Waals surface area contributed by atoms with Gasteiger partial charge in [0.25, 0.3) is 0 Å². The van der Waals surface area contributed by atoms with Crippen molar-refractivity contribution in [3.8, 4) is 0 Å². The number of nitrogens with zero attached hydrogens (tertiary/aromatic N) is 2. The highest BCUT2D eigenvalue weighted by molar-refractivity contribution is 5.50. The van der Waals surface area contributed by atoms with E-state index in [1.165, 1.54) is 5.56 Å². The number of para-hydroxylation sites is 1. The lowest BCUT2D eigenvalue weighted by atomic mass is 10.2. The first kappa shape index (κ1) is 13.1. The van der Waals surface area contributed by atoms with E-state index in [0.29, 0.717) is 18.1 Å². The number of aryl methyl sites for hydroxylation is 1. The third-order valence-corrected chi connectivity index (χ3v) is 3.50. The molecule has 1 aliphatic heterocycles. The SMILES string of the molecule is Cc1ccccc1NCCc1nc(C2CCCO2)no1. The maximum atomic E-state index is 5.54. The summed E-state index contributed by atoms with van der Waals surface area (Å²) in [7, 11) is 0. The number of nitrogens with one attached hydrogen (secondary N) is 1. The van der Waals surface area contributed by atoms with Crippen LogP contribution in [0.4, 0.5) is 5.69 Å². The van der Waals surface area contributed by atoms with Crippen molar-refractivity contribution in [3.05, 3.63) is 41.5 Å². The van der Waals surface area contributed by atoms with E-state index in [-0.39, 0.29) is 6.10 Å². The summed E-state index contributed by atoms with van der Waals surface area (Å²) in [6.45, 7) is 3.66.